The molecule has 0 spiro atoms. The molecule has 3 aromatic rings. The Morgan fingerprint density at radius 3 is 2.63 bits per heavy atom. The van der Waals surface area contributed by atoms with Crippen LogP contribution in [0.4, 0.5) is 0 Å². The number of carbonyl (C=O) groups is 1. The Labute approximate surface area is 109 Å². The second-order valence-corrected chi connectivity index (χ2v) is 4.43. The van der Waals surface area contributed by atoms with Crippen LogP contribution in [0.2, 0.25) is 0 Å². The molecule has 0 saturated heterocycles. The van der Waals surface area contributed by atoms with E-state index < -0.39 is 5.97 Å². The first-order chi connectivity index (χ1) is 9.15. The van der Waals surface area contributed by atoms with E-state index in [0.717, 1.165) is 16.3 Å². The third-order valence-electron chi connectivity index (χ3n) is 3.45. The number of phenolic OH excluding ortho intramolecular Hbond substituents is 1. The van der Waals surface area contributed by atoms with E-state index in [0.29, 0.717) is 5.52 Å². The molecule has 0 radical (unpaired) electrons. The molecule has 1 aromatic heterocycles. The van der Waals surface area contributed by atoms with Crippen molar-refractivity contribution < 1.29 is 14.6 Å². The maximum Gasteiger partial charge on any atom is 0.341 e. The number of methoxy groups -OCH3 is 1. The predicted molar refractivity (Wildman–Crippen MR) is 73.4 cm³/mol. The van der Waals surface area contributed by atoms with Crippen LogP contribution in [-0.2, 0) is 11.8 Å². The van der Waals surface area contributed by atoms with E-state index in [-0.39, 0.29) is 11.3 Å². The van der Waals surface area contributed by atoms with E-state index in [4.69, 9.17) is 0 Å². The molecular formula is C15H13NO3. The number of para-hydroxylation sites is 1. The average molecular weight is 255 g/mol. The quantitative estimate of drug-likeness (QED) is 0.680. The zero-order chi connectivity index (χ0) is 13.6. The number of ether oxygens (including phenoxy) is 1. The van der Waals surface area contributed by atoms with Gasteiger partial charge in [-0.3, -0.25) is 0 Å². The SMILES string of the molecule is COC(=O)c1ccc2c3ccccc3n(C)c2c1O. The van der Waals surface area contributed by atoms with Crippen LogP contribution in [0.25, 0.3) is 21.8 Å². The van der Waals surface area contributed by atoms with Crippen LogP contribution in [0.5, 0.6) is 5.75 Å². The number of nitrogens with zero attached hydrogens (tertiary/aromatic N) is 1. The van der Waals surface area contributed by atoms with Crippen LogP contribution in [-0.4, -0.2) is 22.8 Å². The Hall–Kier alpha value is -2.49. The summed E-state index contributed by atoms with van der Waals surface area (Å²) in [6.07, 6.45) is 0. The molecule has 0 bridgehead atoms. The number of hydrogen-bond acceptors (Lipinski definition) is 3. The Kier molecular flexibility index (Phi) is 2.45. The highest BCUT2D eigenvalue weighted by molar-refractivity contribution is 6.12. The van der Waals surface area contributed by atoms with Gasteiger partial charge in [0.25, 0.3) is 0 Å². The topological polar surface area (TPSA) is 51.5 Å². The van der Waals surface area contributed by atoms with Gasteiger partial charge < -0.3 is 14.4 Å². The van der Waals surface area contributed by atoms with Crippen LogP contribution < -0.4 is 0 Å². The molecule has 0 atom stereocenters. The first kappa shape index (κ1) is 11.6. The van der Waals surface area contributed by atoms with Crippen LogP contribution in [0.3, 0.4) is 0 Å². The molecule has 0 fully saturated rings. The Morgan fingerprint density at radius 2 is 1.89 bits per heavy atom. The number of esters is 1. The van der Waals surface area contributed by atoms with Gasteiger partial charge in [0, 0.05) is 23.3 Å². The smallest absolute Gasteiger partial charge is 0.341 e. The number of aromatic nitrogens is 1. The fourth-order valence-electron chi connectivity index (χ4n) is 2.53. The molecule has 19 heavy (non-hydrogen) atoms. The lowest BCUT2D eigenvalue weighted by molar-refractivity contribution is 0.0597. The van der Waals surface area contributed by atoms with Gasteiger partial charge >= 0.3 is 5.97 Å². The molecule has 0 saturated carbocycles. The predicted octanol–water partition coefficient (Wildman–Crippen LogP) is 2.82. The van der Waals surface area contributed by atoms with Gasteiger partial charge in [0.15, 0.2) is 5.75 Å². The van der Waals surface area contributed by atoms with E-state index in [1.165, 1.54) is 7.11 Å². The average Bonchev–Trinajstić information content (AvgIpc) is 2.73. The monoisotopic (exact) mass is 255 g/mol. The lowest BCUT2D eigenvalue weighted by Gasteiger charge is -2.05. The highest BCUT2D eigenvalue weighted by atomic mass is 16.5. The molecule has 0 amide bonds. The summed E-state index contributed by atoms with van der Waals surface area (Å²) in [5.41, 5.74) is 1.83. The van der Waals surface area contributed by atoms with Crippen LogP contribution in [0.1, 0.15) is 10.4 Å². The minimum atomic E-state index is -0.537. The van der Waals surface area contributed by atoms with Crippen molar-refractivity contribution in [2.24, 2.45) is 7.05 Å². The van der Waals surface area contributed by atoms with Gasteiger partial charge in [-0.15, -0.1) is 0 Å². The minimum absolute atomic E-state index is 0.0388. The molecule has 0 aliphatic rings. The van der Waals surface area contributed by atoms with Gasteiger partial charge in [0.2, 0.25) is 0 Å². The first-order valence-electron chi connectivity index (χ1n) is 5.92. The van der Waals surface area contributed by atoms with E-state index in [2.05, 4.69) is 4.74 Å². The van der Waals surface area contributed by atoms with Gasteiger partial charge in [0.1, 0.15) is 5.56 Å². The summed E-state index contributed by atoms with van der Waals surface area (Å²) in [5.74, 6) is -0.576. The normalized spacial score (nSPS) is 11.1. The first-order valence-corrected chi connectivity index (χ1v) is 5.92. The summed E-state index contributed by atoms with van der Waals surface area (Å²) in [6, 6.07) is 11.3. The van der Waals surface area contributed by atoms with Crippen molar-refractivity contribution in [1.82, 2.24) is 4.57 Å². The Morgan fingerprint density at radius 1 is 1.16 bits per heavy atom. The molecule has 4 nitrogen and oxygen atoms in total. The largest absolute Gasteiger partial charge is 0.505 e. The second-order valence-electron chi connectivity index (χ2n) is 4.43. The highest BCUT2D eigenvalue weighted by Gasteiger charge is 2.18. The zero-order valence-corrected chi connectivity index (χ0v) is 10.7. The highest BCUT2D eigenvalue weighted by Crippen LogP contribution is 2.35. The summed E-state index contributed by atoms with van der Waals surface area (Å²) >= 11 is 0. The minimum Gasteiger partial charge on any atom is -0.505 e. The molecule has 96 valence electrons. The van der Waals surface area contributed by atoms with Crippen molar-refractivity contribution in [3.05, 3.63) is 42.0 Å². The zero-order valence-electron chi connectivity index (χ0n) is 10.7. The molecule has 2 aromatic carbocycles. The van der Waals surface area contributed by atoms with Crippen LogP contribution in [0.15, 0.2) is 36.4 Å². The number of carbonyl (C=O) groups excluding carboxylic acids is 1. The third-order valence-corrected chi connectivity index (χ3v) is 3.45. The number of benzene rings is 2. The summed E-state index contributed by atoms with van der Waals surface area (Å²) < 4.78 is 6.55. The molecule has 4 heteroatoms. The van der Waals surface area contributed by atoms with Gasteiger partial charge in [-0.05, 0) is 12.1 Å². The molecule has 1 heterocycles. The molecule has 0 aliphatic carbocycles. The number of aryl methyl sites for hydroxylation is 1. The van der Waals surface area contributed by atoms with Crippen LogP contribution in [0, 0.1) is 0 Å². The van der Waals surface area contributed by atoms with Gasteiger partial charge in [-0.1, -0.05) is 24.3 Å². The maximum absolute atomic E-state index is 11.6. The number of hydrogen-bond donors (Lipinski definition) is 1. The summed E-state index contributed by atoms with van der Waals surface area (Å²) in [7, 11) is 3.17. The van der Waals surface area contributed by atoms with Gasteiger partial charge in [-0.2, -0.15) is 0 Å². The van der Waals surface area contributed by atoms with Gasteiger partial charge in [0.05, 0.1) is 12.6 Å². The van der Waals surface area contributed by atoms with Crippen molar-refractivity contribution in [3.8, 4) is 5.75 Å². The third kappa shape index (κ3) is 1.50. The van der Waals surface area contributed by atoms with E-state index in [1.807, 2.05) is 41.9 Å². The van der Waals surface area contributed by atoms with Crippen molar-refractivity contribution in [2.45, 2.75) is 0 Å². The number of phenols is 1. The molecular weight excluding hydrogens is 242 g/mol. The fraction of sp³-hybridized carbons (Fsp3) is 0.133. The summed E-state index contributed by atoms with van der Waals surface area (Å²) in [4.78, 5) is 11.6. The van der Waals surface area contributed by atoms with E-state index in [1.54, 1.807) is 6.07 Å². The van der Waals surface area contributed by atoms with Crippen molar-refractivity contribution in [2.75, 3.05) is 7.11 Å². The molecule has 3 rings (SSSR count). The lowest BCUT2D eigenvalue weighted by Crippen LogP contribution is -2.02. The van der Waals surface area contributed by atoms with Crippen molar-refractivity contribution in [1.29, 1.82) is 0 Å². The summed E-state index contributed by atoms with van der Waals surface area (Å²) in [5, 5.41) is 12.3. The van der Waals surface area contributed by atoms with Crippen LogP contribution >= 0.6 is 0 Å². The second kappa shape index (κ2) is 4.02. The van der Waals surface area contributed by atoms with Crippen molar-refractivity contribution in [3.63, 3.8) is 0 Å². The standard InChI is InChI=1S/C15H13NO3/c1-16-12-6-4-3-5-9(12)10-7-8-11(15(18)19-2)14(17)13(10)16/h3-8,17H,1-2H3. The van der Waals surface area contributed by atoms with Gasteiger partial charge in [-0.25, -0.2) is 4.79 Å². The van der Waals surface area contributed by atoms with E-state index in [9.17, 15) is 9.90 Å². The Bertz CT molecular complexity index is 802. The van der Waals surface area contributed by atoms with Crippen molar-refractivity contribution >= 4 is 27.8 Å². The molecule has 0 aliphatic heterocycles. The fourth-order valence-corrected chi connectivity index (χ4v) is 2.53. The maximum atomic E-state index is 11.6. The van der Waals surface area contributed by atoms with E-state index >= 15 is 0 Å². The molecule has 0 unspecified atom stereocenters. The molecule has 1 N–H and O–H groups in total. The summed E-state index contributed by atoms with van der Waals surface area (Å²) in [6.45, 7) is 0. The number of fused-ring (bicyclic) bond motifs is 3. The number of rotatable bonds is 1. The lowest BCUT2D eigenvalue weighted by atomic mass is 10.1. The number of aromatic hydroxyl groups is 1. The Balaban J connectivity index is 2.47.